The number of nitrogens with zero attached hydrogens (tertiary/aromatic N) is 2. The number of amides is 1. The molecule has 4 rings (SSSR count). The molecular weight excluding hydrogens is 395 g/mol. The molecular formula is C22H22F3N3O2. The van der Waals surface area contributed by atoms with Gasteiger partial charge in [0, 0.05) is 30.7 Å². The van der Waals surface area contributed by atoms with Gasteiger partial charge in [0.2, 0.25) is 5.91 Å². The van der Waals surface area contributed by atoms with Crippen LogP contribution in [0.1, 0.15) is 30.9 Å². The third-order valence-corrected chi connectivity index (χ3v) is 5.25. The minimum Gasteiger partial charge on any atom is -0.372 e. The summed E-state index contributed by atoms with van der Waals surface area (Å²) in [5.41, 5.74) is 0.982. The third-order valence-electron chi connectivity index (χ3n) is 5.25. The molecule has 30 heavy (non-hydrogen) atoms. The van der Waals surface area contributed by atoms with Crippen LogP contribution in [0.4, 0.5) is 30.2 Å². The van der Waals surface area contributed by atoms with Crippen molar-refractivity contribution in [1.29, 1.82) is 0 Å². The minimum atomic E-state index is -4.52. The smallest absolute Gasteiger partial charge is 0.372 e. The zero-order valence-corrected chi connectivity index (χ0v) is 16.6. The summed E-state index contributed by atoms with van der Waals surface area (Å²) in [4.78, 5) is 18.1. The van der Waals surface area contributed by atoms with Crippen LogP contribution >= 0.6 is 0 Å². The summed E-state index contributed by atoms with van der Waals surface area (Å²) in [7, 11) is 0. The van der Waals surface area contributed by atoms with Gasteiger partial charge in [-0.05, 0) is 43.7 Å². The van der Waals surface area contributed by atoms with Crippen molar-refractivity contribution in [2.75, 3.05) is 23.3 Å². The highest BCUT2D eigenvalue weighted by molar-refractivity contribution is 6.12. The van der Waals surface area contributed by atoms with Crippen LogP contribution < -0.4 is 10.2 Å². The van der Waals surface area contributed by atoms with Crippen LogP contribution in [0, 0.1) is 0 Å². The fourth-order valence-electron chi connectivity index (χ4n) is 4.02. The van der Waals surface area contributed by atoms with Gasteiger partial charge in [-0.1, -0.05) is 18.2 Å². The van der Waals surface area contributed by atoms with E-state index >= 15 is 0 Å². The second kappa shape index (κ2) is 7.75. The Bertz CT molecular complexity index is 980. The normalized spacial score (nSPS) is 24.2. The Balaban J connectivity index is 1.64. The van der Waals surface area contributed by atoms with Gasteiger partial charge in [-0.15, -0.1) is 0 Å². The first-order chi connectivity index (χ1) is 14.2. The molecule has 0 aromatic heterocycles. The lowest BCUT2D eigenvalue weighted by Gasteiger charge is -2.38. The summed E-state index contributed by atoms with van der Waals surface area (Å²) in [6.07, 6.45) is -3.44. The quantitative estimate of drug-likeness (QED) is 0.733. The first-order valence-electron chi connectivity index (χ1n) is 9.78. The van der Waals surface area contributed by atoms with E-state index in [1.54, 1.807) is 35.2 Å². The highest BCUT2D eigenvalue weighted by atomic mass is 19.4. The van der Waals surface area contributed by atoms with E-state index < -0.39 is 17.7 Å². The van der Waals surface area contributed by atoms with E-state index in [-0.39, 0.29) is 29.5 Å². The third kappa shape index (κ3) is 4.05. The van der Waals surface area contributed by atoms with Crippen molar-refractivity contribution >= 4 is 29.2 Å². The predicted octanol–water partition coefficient (Wildman–Crippen LogP) is 4.76. The summed E-state index contributed by atoms with van der Waals surface area (Å²) in [5, 5.41) is 2.75. The highest BCUT2D eigenvalue weighted by Crippen LogP contribution is 2.40. The number of benzene rings is 2. The lowest BCUT2D eigenvalue weighted by Crippen LogP contribution is -2.46. The van der Waals surface area contributed by atoms with E-state index in [9.17, 15) is 18.0 Å². The molecule has 2 heterocycles. The minimum absolute atomic E-state index is 0.118. The van der Waals surface area contributed by atoms with Crippen molar-refractivity contribution in [3.8, 4) is 0 Å². The maximum atomic E-state index is 13.8. The number of para-hydroxylation sites is 1. The van der Waals surface area contributed by atoms with Crippen molar-refractivity contribution in [1.82, 2.24) is 0 Å². The first kappa shape index (κ1) is 20.4. The molecule has 158 valence electrons. The summed E-state index contributed by atoms with van der Waals surface area (Å²) >= 11 is 0. The summed E-state index contributed by atoms with van der Waals surface area (Å²) < 4.78 is 47.0. The average Bonchev–Trinajstić information content (AvgIpc) is 3.00. The molecule has 5 nitrogen and oxygen atoms in total. The summed E-state index contributed by atoms with van der Waals surface area (Å²) in [5.74, 6) is -0.875. The lowest BCUT2D eigenvalue weighted by molar-refractivity contribution is -0.137. The Hall–Kier alpha value is -2.87. The van der Waals surface area contributed by atoms with Crippen LogP contribution in [0.15, 0.2) is 47.5 Å². The van der Waals surface area contributed by atoms with Crippen LogP contribution in [0.3, 0.4) is 0 Å². The van der Waals surface area contributed by atoms with E-state index in [1.165, 1.54) is 12.3 Å². The number of carbonyl (C=O) groups excluding carboxylic acids is 1. The second-order valence-electron chi connectivity index (χ2n) is 7.69. The standard InChI is InChI=1S/C22H22F3N3O2/c1-13-11-28(12-14(2)30-13)20-8-7-15(9-18(20)22(23,24)25)26-10-17-16-5-3-4-6-19(16)27-21(17)29/h3-10,13-14,17H,11-12H2,1-2H3,(H,27,29). The number of aliphatic imine (C=N–C) groups is 1. The monoisotopic (exact) mass is 417 g/mol. The summed E-state index contributed by atoms with van der Waals surface area (Å²) in [6, 6.07) is 11.2. The second-order valence-corrected chi connectivity index (χ2v) is 7.69. The number of hydrogen-bond donors (Lipinski definition) is 1. The van der Waals surface area contributed by atoms with Gasteiger partial charge in [-0.25, -0.2) is 0 Å². The van der Waals surface area contributed by atoms with Gasteiger partial charge in [-0.2, -0.15) is 13.2 Å². The molecule has 8 heteroatoms. The average molecular weight is 417 g/mol. The summed E-state index contributed by atoms with van der Waals surface area (Å²) in [6.45, 7) is 4.46. The van der Waals surface area contributed by atoms with Gasteiger partial charge in [0.1, 0.15) is 5.92 Å². The molecule has 1 N–H and O–H groups in total. The van der Waals surface area contributed by atoms with Crippen molar-refractivity contribution in [3.63, 3.8) is 0 Å². The molecule has 0 radical (unpaired) electrons. The van der Waals surface area contributed by atoms with Crippen LogP contribution in [0.2, 0.25) is 0 Å². The zero-order valence-electron chi connectivity index (χ0n) is 16.6. The number of morpholine rings is 1. The Morgan fingerprint density at radius 1 is 1.13 bits per heavy atom. The van der Waals surface area contributed by atoms with Crippen molar-refractivity contribution in [3.05, 3.63) is 53.6 Å². The number of rotatable bonds is 3. The van der Waals surface area contributed by atoms with E-state index in [0.29, 0.717) is 18.8 Å². The number of halogens is 3. The van der Waals surface area contributed by atoms with Gasteiger partial charge in [0.25, 0.3) is 0 Å². The van der Waals surface area contributed by atoms with E-state index in [0.717, 1.165) is 11.6 Å². The predicted molar refractivity (Wildman–Crippen MR) is 110 cm³/mol. The Labute approximate surface area is 172 Å². The topological polar surface area (TPSA) is 53.9 Å². The van der Waals surface area contributed by atoms with Gasteiger partial charge in [0.15, 0.2) is 0 Å². The number of fused-ring (bicyclic) bond motifs is 1. The highest BCUT2D eigenvalue weighted by Gasteiger charge is 2.37. The molecule has 2 aromatic carbocycles. The maximum Gasteiger partial charge on any atom is 0.418 e. The van der Waals surface area contributed by atoms with Crippen LogP contribution in [-0.4, -0.2) is 37.4 Å². The molecule has 0 aliphatic carbocycles. The molecule has 3 atom stereocenters. The van der Waals surface area contributed by atoms with Crippen LogP contribution in [0.5, 0.6) is 0 Å². The van der Waals surface area contributed by atoms with Crippen molar-refractivity contribution < 1.29 is 22.7 Å². The van der Waals surface area contributed by atoms with Gasteiger partial charge < -0.3 is 15.0 Å². The van der Waals surface area contributed by atoms with Gasteiger partial charge in [-0.3, -0.25) is 9.79 Å². The lowest BCUT2D eigenvalue weighted by atomic mass is 10.0. The molecule has 1 fully saturated rings. The Morgan fingerprint density at radius 2 is 1.83 bits per heavy atom. The maximum absolute atomic E-state index is 13.8. The van der Waals surface area contributed by atoms with Crippen molar-refractivity contribution in [2.24, 2.45) is 4.99 Å². The van der Waals surface area contributed by atoms with Crippen LogP contribution in [0.25, 0.3) is 0 Å². The molecule has 2 aliphatic rings. The van der Waals surface area contributed by atoms with Gasteiger partial charge >= 0.3 is 6.18 Å². The number of anilines is 2. The molecule has 0 saturated carbocycles. The molecule has 0 spiro atoms. The molecule has 3 unspecified atom stereocenters. The fraction of sp³-hybridized carbons (Fsp3) is 0.364. The Morgan fingerprint density at radius 3 is 2.53 bits per heavy atom. The fourth-order valence-corrected chi connectivity index (χ4v) is 4.02. The van der Waals surface area contributed by atoms with Crippen LogP contribution in [-0.2, 0) is 15.7 Å². The van der Waals surface area contributed by atoms with E-state index in [2.05, 4.69) is 10.3 Å². The molecule has 0 bridgehead atoms. The number of carbonyl (C=O) groups is 1. The number of nitrogens with one attached hydrogen (secondary N) is 1. The molecule has 2 aliphatic heterocycles. The van der Waals surface area contributed by atoms with Crippen molar-refractivity contribution in [2.45, 2.75) is 38.1 Å². The zero-order chi connectivity index (χ0) is 21.5. The SMILES string of the molecule is CC1CN(c2ccc(N=CC3C(=O)Nc4ccccc43)cc2C(F)(F)F)CC(C)O1. The van der Waals surface area contributed by atoms with E-state index in [4.69, 9.17) is 4.74 Å². The number of alkyl halides is 3. The molecule has 2 aromatic rings. The van der Waals surface area contributed by atoms with E-state index in [1.807, 2.05) is 13.8 Å². The number of hydrogen-bond acceptors (Lipinski definition) is 4. The number of ether oxygens (including phenoxy) is 1. The molecule has 1 saturated heterocycles. The van der Waals surface area contributed by atoms with Gasteiger partial charge in [0.05, 0.1) is 23.5 Å². The molecule has 1 amide bonds. The Kier molecular flexibility index (Phi) is 5.27. The first-order valence-corrected chi connectivity index (χ1v) is 9.78. The largest absolute Gasteiger partial charge is 0.418 e.